The summed E-state index contributed by atoms with van der Waals surface area (Å²) in [6.07, 6.45) is 1.68. The first kappa shape index (κ1) is 20.4. The Morgan fingerprint density at radius 1 is 0.903 bits per heavy atom. The van der Waals surface area contributed by atoms with Gasteiger partial charge in [0.2, 0.25) is 5.91 Å². The standard InChI is InChI=1S/C26H28ClN3O/c1-14-7-8-17(13-18(14)27)28-23(31)26-10-9-25(6,24(26,4)5)21-22(26)30-20-12-16(3)15(2)11-19(20)29-21/h7-8,11-13H,9-10H2,1-6H3,(H,28,31). The highest BCUT2D eigenvalue weighted by Gasteiger charge is 2.73. The normalized spacial score (nSPS) is 25.6. The third-order valence-corrected chi connectivity index (χ3v) is 8.88. The van der Waals surface area contributed by atoms with Gasteiger partial charge in [-0.05, 0) is 80.0 Å². The van der Waals surface area contributed by atoms with Gasteiger partial charge in [-0.1, -0.05) is 38.4 Å². The van der Waals surface area contributed by atoms with Gasteiger partial charge in [0, 0.05) is 16.1 Å². The number of carbonyl (C=O) groups excluding carboxylic acids is 1. The summed E-state index contributed by atoms with van der Waals surface area (Å²) in [4.78, 5) is 24.1. The quantitative estimate of drug-likeness (QED) is 0.525. The number of fused-ring (bicyclic) bond motifs is 6. The van der Waals surface area contributed by atoms with E-state index in [-0.39, 0.29) is 16.7 Å². The van der Waals surface area contributed by atoms with Crippen LogP contribution in [-0.2, 0) is 15.6 Å². The van der Waals surface area contributed by atoms with E-state index in [9.17, 15) is 4.79 Å². The largest absolute Gasteiger partial charge is 0.325 e. The molecule has 1 amide bonds. The topological polar surface area (TPSA) is 54.9 Å². The van der Waals surface area contributed by atoms with E-state index >= 15 is 0 Å². The Bertz CT molecular complexity index is 1280. The smallest absolute Gasteiger partial charge is 0.237 e. The molecule has 0 spiro atoms. The molecule has 1 N–H and O–H groups in total. The molecule has 5 heteroatoms. The summed E-state index contributed by atoms with van der Waals surface area (Å²) in [6.45, 7) is 12.8. The van der Waals surface area contributed by atoms with E-state index in [1.54, 1.807) is 0 Å². The zero-order valence-corrected chi connectivity index (χ0v) is 19.7. The van der Waals surface area contributed by atoms with Crippen molar-refractivity contribution in [3.05, 3.63) is 63.4 Å². The molecule has 1 aromatic heterocycles. The van der Waals surface area contributed by atoms with Crippen LogP contribution < -0.4 is 5.32 Å². The molecule has 5 rings (SSSR count). The number of halogens is 1. The van der Waals surface area contributed by atoms with Crippen molar-refractivity contribution < 1.29 is 4.79 Å². The average molecular weight is 434 g/mol. The summed E-state index contributed by atoms with van der Waals surface area (Å²) in [6, 6.07) is 9.86. The highest BCUT2D eigenvalue weighted by molar-refractivity contribution is 6.31. The lowest BCUT2D eigenvalue weighted by atomic mass is 9.63. The summed E-state index contributed by atoms with van der Waals surface area (Å²) >= 11 is 6.31. The SMILES string of the molecule is Cc1cc2nc3c(nc2cc1C)C1(C(=O)Nc2ccc(C)c(Cl)c2)CCC3(C)C1(C)C. The van der Waals surface area contributed by atoms with Crippen molar-refractivity contribution in [2.24, 2.45) is 5.41 Å². The van der Waals surface area contributed by atoms with Crippen LogP contribution in [0.1, 0.15) is 61.7 Å². The van der Waals surface area contributed by atoms with Gasteiger partial charge in [0.05, 0.1) is 27.8 Å². The van der Waals surface area contributed by atoms with Gasteiger partial charge in [-0.3, -0.25) is 4.79 Å². The lowest BCUT2D eigenvalue weighted by Crippen LogP contribution is -2.48. The zero-order valence-electron chi connectivity index (χ0n) is 19.0. The van der Waals surface area contributed by atoms with Crippen molar-refractivity contribution in [1.82, 2.24) is 9.97 Å². The molecule has 0 radical (unpaired) electrons. The molecule has 2 bridgehead atoms. The number of benzene rings is 2. The minimum atomic E-state index is -0.728. The van der Waals surface area contributed by atoms with Crippen LogP contribution in [-0.4, -0.2) is 15.9 Å². The fourth-order valence-electron chi connectivity index (χ4n) is 5.77. The molecular weight excluding hydrogens is 406 g/mol. The highest BCUT2D eigenvalue weighted by atomic mass is 35.5. The third kappa shape index (κ3) is 2.46. The van der Waals surface area contributed by atoms with Gasteiger partial charge in [-0.15, -0.1) is 0 Å². The lowest BCUT2D eigenvalue weighted by Gasteiger charge is -2.39. The summed E-state index contributed by atoms with van der Waals surface area (Å²) in [5, 5.41) is 3.81. The summed E-state index contributed by atoms with van der Waals surface area (Å²) in [7, 11) is 0. The maximum absolute atomic E-state index is 13.9. The van der Waals surface area contributed by atoms with Crippen LogP contribution in [0.5, 0.6) is 0 Å². The number of rotatable bonds is 2. The molecule has 0 aliphatic heterocycles. The highest BCUT2D eigenvalue weighted by Crippen LogP contribution is 2.70. The van der Waals surface area contributed by atoms with Crippen LogP contribution in [0.25, 0.3) is 11.0 Å². The molecule has 31 heavy (non-hydrogen) atoms. The summed E-state index contributed by atoms with van der Waals surface area (Å²) in [5.74, 6) is -0.0163. The number of hydrogen-bond donors (Lipinski definition) is 1. The number of nitrogens with zero attached hydrogens (tertiary/aromatic N) is 2. The van der Waals surface area contributed by atoms with Gasteiger partial charge >= 0.3 is 0 Å². The maximum Gasteiger partial charge on any atom is 0.237 e. The van der Waals surface area contributed by atoms with E-state index in [0.29, 0.717) is 10.7 Å². The van der Waals surface area contributed by atoms with E-state index in [2.05, 4.69) is 52.1 Å². The number of aryl methyl sites for hydroxylation is 3. The summed E-state index contributed by atoms with van der Waals surface area (Å²) < 4.78 is 0. The fourth-order valence-corrected chi connectivity index (χ4v) is 5.95. The van der Waals surface area contributed by atoms with E-state index in [4.69, 9.17) is 21.6 Å². The van der Waals surface area contributed by atoms with Crippen molar-refractivity contribution >= 4 is 34.2 Å². The number of amides is 1. The first-order valence-corrected chi connectivity index (χ1v) is 11.3. The van der Waals surface area contributed by atoms with Crippen molar-refractivity contribution in [3.8, 4) is 0 Å². The van der Waals surface area contributed by atoms with Gasteiger partial charge in [0.15, 0.2) is 0 Å². The van der Waals surface area contributed by atoms with Crippen LogP contribution in [0, 0.1) is 26.2 Å². The average Bonchev–Trinajstić information content (AvgIpc) is 3.00. The minimum Gasteiger partial charge on any atom is -0.325 e. The van der Waals surface area contributed by atoms with Crippen molar-refractivity contribution in [2.45, 2.75) is 65.2 Å². The minimum absolute atomic E-state index is 0.0163. The van der Waals surface area contributed by atoms with Crippen molar-refractivity contribution in [3.63, 3.8) is 0 Å². The molecule has 2 aliphatic rings. The Balaban J connectivity index is 1.69. The molecule has 1 heterocycles. The van der Waals surface area contributed by atoms with Gasteiger partial charge < -0.3 is 5.32 Å². The molecule has 0 saturated heterocycles. The molecule has 2 atom stereocenters. The lowest BCUT2D eigenvalue weighted by molar-refractivity contribution is -0.125. The summed E-state index contributed by atoms with van der Waals surface area (Å²) in [5.41, 5.74) is 6.44. The molecular formula is C26H28ClN3O. The second-order valence-electron chi connectivity index (χ2n) is 10.1. The zero-order chi connectivity index (χ0) is 22.3. The Morgan fingerprint density at radius 3 is 2.13 bits per heavy atom. The van der Waals surface area contributed by atoms with Crippen LogP contribution in [0.3, 0.4) is 0 Å². The number of aromatic nitrogens is 2. The van der Waals surface area contributed by atoms with E-state index < -0.39 is 5.41 Å². The fraction of sp³-hybridized carbons (Fsp3) is 0.423. The van der Waals surface area contributed by atoms with E-state index in [0.717, 1.165) is 40.8 Å². The first-order valence-electron chi connectivity index (χ1n) is 10.9. The number of anilines is 1. The van der Waals surface area contributed by atoms with Gasteiger partial charge in [-0.25, -0.2) is 9.97 Å². The predicted octanol–water partition coefficient (Wildman–Crippen LogP) is 6.18. The van der Waals surface area contributed by atoms with Crippen molar-refractivity contribution in [1.29, 1.82) is 0 Å². The van der Waals surface area contributed by atoms with Crippen LogP contribution in [0.15, 0.2) is 30.3 Å². The molecule has 1 saturated carbocycles. The molecule has 2 aliphatic carbocycles. The van der Waals surface area contributed by atoms with Crippen LogP contribution in [0.4, 0.5) is 5.69 Å². The maximum atomic E-state index is 13.9. The van der Waals surface area contributed by atoms with Gasteiger partial charge in [0.25, 0.3) is 0 Å². The van der Waals surface area contributed by atoms with Crippen LogP contribution in [0.2, 0.25) is 5.02 Å². The second-order valence-corrected chi connectivity index (χ2v) is 10.5. The molecule has 1 fully saturated rings. The van der Waals surface area contributed by atoms with Crippen molar-refractivity contribution in [2.75, 3.05) is 5.32 Å². The third-order valence-electron chi connectivity index (χ3n) is 8.47. The number of nitrogens with one attached hydrogen (secondary N) is 1. The van der Waals surface area contributed by atoms with Crippen LogP contribution >= 0.6 is 11.6 Å². The molecule has 2 unspecified atom stereocenters. The Kier molecular flexibility index (Phi) is 4.15. The Labute approximate surface area is 188 Å². The van der Waals surface area contributed by atoms with E-state index in [1.165, 1.54) is 11.1 Å². The molecule has 2 aromatic carbocycles. The van der Waals surface area contributed by atoms with Gasteiger partial charge in [-0.2, -0.15) is 0 Å². The van der Waals surface area contributed by atoms with E-state index in [1.807, 2.05) is 25.1 Å². The number of hydrogen-bond acceptors (Lipinski definition) is 3. The molecule has 3 aromatic rings. The van der Waals surface area contributed by atoms with Gasteiger partial charge in [0.1, 0.15) is 0 Å². The number of carbonyl (C=O) groups is 1. The Hall–Kier alpha value is -2.46. The molecule has 4 nitrogen and oxygen atoms in total. The monoisotopic (exact) mass is 433 g/mol. The second kappa shape index (κ2) is 6.29. The molecule has 160 valence electrons. The first-order chi connectivity index (χ1) is 14.5. The predicted molar refractivity (Wildman–Crippen MR) is 126 cm³/mol. The Morgan fingerprint density at radius 2 is 1.52 bits per heavy atom.